The number of rotatable bonds is 6. The molecule has 0 radical (unpaired) electrons. The number of aromatic nitrogens is 4. The number of fused-ring (bicyclic) bond motifs is 1. The maximum Gasteiger partial charge on any atom is 0.257 e. The van der Waals surface area contributed by atoms with E-state index in [0.717, 1.165) is 22.8 Å². The van der Waals surface area contributed by atoms with Gasteiger partial charge in [0, 0.05) is 55.5 Å². The molecule has 3 aromatic heterocycles. The van der Waals surface area contributed by atoms with Crippen LogP contribution in [0.4, 0.5) is 11.5 Å². The molecular formula is C25H26N6O3. The number of imidazole rings is 1. The van der Waals surface area contributed by atoms with Gasteiger partial charge in [-0.05, 0) is 30.7 Å². The third-order valence-electron chi connectivity index (χ3n) is 5.83. The number of nitrogens with zero attached hydrogens (tertiary/aromatic N) is 5. The van der Waals surface area contributed by atoms with Gasteiger partial charge in [0.2, 0.25) is 0 Å². The van der Waals surface area contributed by atoms with Gasteiger partial charge in [0.15, 0.2) is 5.65 Å². The van der Waals surface area contributed by atoms with Crippen molar-refractivity contribution in [2.45, 2.75) is 6.42 Å². The highest BCUT2D eigenvalue weighted by atomic mass is 16.5. The van der Waals surface area contributed by atoms with Crippen LogP contribution in [0.5, 0.6) is 5.75 Å². The molecule has 4 aromatic rings. The molecule has 174 valence electrons. The average Bonchev–Trinajstić information content (AvgIpc) is 3.21. The van der Waals surface area contributed by atoms with Crippen LogP contribution >= 0.6 is 0 Å². The minimum absolute atomic E-state index is 0.0768. The Kier molecular flexibility index (Phi) is 6.35. The molecule has 34 heavy (non-hydrogen) atoms. The molecule has 1 N–H and O–H groups in total. The van der Waals surface area contributed by atoms with Gasteiger partial charge in [0.25, 0.3) is 5.91 Å². The van der Waals surface area contributed by atoms with Crippen LogP contribution in [0.25, 0.3) is 5.65 Å². The van der Waals surface area contributed by atoms with E-state index >= 15 is 0 Å². The van der Waals surface area contributed by atoms with Crippen LogP contribution in [0, 0.1) is 5.92 Å². The van der Waals surface area contributed by atoms with Crippen LogP contribution in [0.2, 0.25) is 0 Å². The summed E-state index contributed by atoms with van der Waals surface area (Å²) in [7, 11) is 1.62. The Balaban J connectivity index is 1.33. The lowest BCUT2D eigenvalue weighted by molar-refractivity contribution is 0.0738. The largest absolute Gasteiger partial charge is 0.497 e. The Morgan fingerprint density at radius 2 is 2.15 bits per heavy atom. The van der Waals surface area contributed by atoms with Gasteiger partial charge in [0.05, 0.1) is 37.8 Å². The van der Waals surface area contributed by atoms with Crippen molar-refractivity contribution < 1.29 is 14.3 Å². The maximum atomic E-state index is 13.6. The first kappa shape index (κ1) is 21.8. The topological polar surface area (TPSA) is 93.9 Å². The summed E-state index contributed by atoms with van der Waals surface area (Å²) in [5.74, 6) is 1.29. The highest BCUT2D eigenvalue weighted by Gasteiger charge is 2.26. The van der Waals surface area contributed by atoms with Crippen LogP contribution in [-0.2, 0) is 11.2 Å². The second-order valence-electron chi connectivity index (χ2n) is 8.22. The van der Waals surface area contributed by atoms with E-state index in [1.54, 1.807) is 37.8 Å². The predicted octanol–water partition coefficient (Wildman–Crippen LogP) is 3.21. The minimum Gasteiger partial charge on any atom is -0.497 e. The number of hydrogen-bond donors (Lipinski definition) is 1. The number of benzene rings is 1. The second kappa shape index (κ2) is 9.88. The van der Waals surface area contributed by atoms with E-state index in [1.165, 1.54) is 0 Å². The number of pyridine rings is 1. The van der Waals surface area contributed by atoms with Gasteiger partial charge in [-0.3, -0.25) is 9.78 Å². The van der Waals surface area contributed by atoms with Crippen molar-refractivity contribution in [3.05, 3.63) is 78.6 Å². The van der Waals surface area contributed by atoms with Crippen molar-refractivity contribution in [3.63, 3.8) is 0 Å². The van der Waals surface area contributed by atoms with Crippen molar-refractivity contribution in [2.24, 2.45) is 5.92 Å². The lowest BCUT2D eigenvalue weighted by Gasteiger charge is -2.24. The summed E-state index contributed by atoms with van der Waals surface area (Å²) in [4.78, 5) is 28.6. The number of anilines is 2. The van der Waals surface area contributed by atoms with Crippen molar-refractivity contribution >= 4 is 23.1 Å². The fourth-order valence-corrected chi connectivity index (χ4v) is 4.14. The third-order valence-corrected chi connectivity index (χ3v) is 5.83. The van der Waals surface area contributed by atoms with Crippen molar-refractivity contribution in [1.29, 1.82) is 0 Å². The van der Waals surface area contributed by atoms with E-state index in [2.05, 4.69) is 20.3 Å². The van der Waals surface area contributed by atoms with Gasteiger partial charge in [-0.1, -0.05) is 6.07 Å². The number of carbonyl (C=O) groups is 1. The molecule has 0 aliphatic carbocycles. The molecule has 1 aromatic carbocycles. The molecule has 0 bridgehead atoms. The van der Waals surface area contributed by atoms with E-state index in [-0.39, 0.29) is 11.8 Å². The summed E-state index contributed by atoms with van der Waals surface area (Å²) in [6.07, 6.45) is 9.78. The molecule has 1 aliphatic heterocycles. The van der Waals surface area contributed by atoms with Gasteiger partial charge in [0.1, 0.15) is 11.6 Å². The quantitative estimate of drug-likeness (QED) is 0.474. The van der Waals surface area contributed by atoms with E-state index < -0.39 is 0 Å². The summed E-state index contributed by atoms with van der Waals surface area (Å²) in [5.41, 5.74) is 3.06. The molecule has 1 saturated heterocycles. The molecule has 1 unspecified atom stereocenters. The standard InChI is InChI=1S/C25H26N6O3/c1-33-21-5-2-4-19(13-21)29-24-22(6-3-7-27-24)25(32)31-10-11-34-17-18(15-31)12-20-16-30-9-8-26-23(30)14-28-20/h2-9,13-14,16,18H,10-12,15,17H2,1H3,(H,27,29). The molecule has 9 heteroatoms. The van der Waals surface area contributed by atoms with Gasteiger partial charge >= 0.3 is 0 Å². The van der Waals surface area contributed by atoms with Crippen molar-refractivity contribution in [1.82, 2.24) is 24.3 Å². The number of hydrogen-bond acceptors (Lipinski definition) is 7. The Bertz CT molecular complexity index is 1290. The normalized spacial score (nSPS) is 16.3. The molecule has 1 aliphatic rings. The maximum absolute atomic E-state index is 13.6. The molecule has 4 heterocycles. The van der Waals surface area contributed by atoms with Crippen LogP contribution in [-0.4, -0.2) is 63.6 Å². The first-order chi connectivity index (χ1) is 16.7. The monoisotopic (exact) mass is 458 g/mol. The Labute approximate surface area is 197 Å². The average molecular weight is 459 g/mol. The van der Waals surface area contributed by atoms with Crippen LogP contribution < -0.4 is 10.1 Å². The highest BCUT2D eigenvalue weighted by molar-refractivity contribution is 5.99. The smallest absolute Gasteiger partial charge is 0.257 e. The number of amides is 1. The predicted molar refractivity (Wildman–Crippen MR) is 127 cm³/mol. The molecule has 0 spiro atoms. The van der Waals surface area contributed by atoms with Gasteiger partial charge < -0.3 is 24.1 Å². The summed E-state index contributed by atoms with van der Waals surface area (Å²) in [5, 5.41) is 3.26. The van der Waals surface area contributed by atoms with E-state index in [4.69, 9.17) is 9.47 Å². The summed E-state index contributed by atoms with van der Waals surface area (Å²) < 4.78 is 13.1. The SMILES string of the molecule is COc1cccc(Nc2ncccc2C(=O)N2CCOCC(Cc3cn4ccnc4cn3)C2)c1. The summed E-state index contributed by atoms with van der Waals surface area (Å²) in [6.45, 7) is 2.18. The van der Waals surface area contributed by atoms with Gasteiger partial charge in [-0.15, -0.1) is 0 Å². The van der Waals surface area contributed by atoms with E-state index in [1.807, 2.05) is 46.0 Å². The highest BCUT2D eigenvalue weighted by Crippen LogP contribution is 2.24. The Hall–Kier alpha value is -3.98. The molecule has 5 rings (SSSR count). The molecule has 1 fully saturated rings. The summed E-state index contributed by atoms with van der Waals surface area (Å²) in [6, 6.07) is 11.1. The first-order valence-corrected chi connectivity index (χ1v) is 11.2. The van der Waals surface area contributed by atoms with Crippen molar-refractivity contribution in [2.75, 3.05) is 38.7 Å². The fourth-order valence-electron chi connectivity index (χ4n) is 4.14. The zero-order valence-electron chi connectivity index (χ0n) is 18.9. The number of ether oxygens (including phenoxy) is 2. The summed E-state index contributed by atoms with van der Waals surface area (Å²) >= 11 is 0. The Morgan fingerprint density at radius 3 is 3.06 bits per heavy atom. The molecule has 9 nitrogen and oxygen atoms in total. The number of methoxy groups -OCH3 is 1. The zero-order valence-corrected chi connectivity index (χ0v) is 18.9. The number of nitrogens with one attached hydrogen (secondary N) is 1. The van der Waals surface area contributed by atoms with Gasteiger partial charge in [-0.2, -0.15) is 0 Å². The number of carbonyl (C=O) groups excluding carboxylic acids is 1. The fraction of sp³-hybridized carbons (Fsp3) is 0.280. The van der Waals surface area contributed by atoms with Crippen LogP contribution in [0.3, 0.4) is 0 Å². The third kappa shape index (κ3) is 4.84. The molecule has 0 saturated carbocycles. The van der Waals surface area contributed by atoms with Crippen LogP contribution in [0.15, 0.2) is 67.4 Å². The molecular weight excluding hydrogens is 432 g/mol. The van der Waals surface area contributed by atoms with Gasteiger partial charge in [-0.25, -0.2) is 9.97 Å². The lowest BCUT2D eigenvalue weighted by Crippen LogP contribution is -2.37. The lowest BCUT2D eigenvalue weighted by atomic mass is 10.0. The molecule has 1 atom stereocenters. The van der Waals surface area contributed by atoms with Crippen LogP contribution in [0.1, 0.15) is 16.1 Å². The minimum atomic E-state index is -0.0768. The Morgan fingerprint density at radius 1 is 1.21 bits per heavy atom. The first-order valence-electron chi connectivity index (χ1n) is 11.2. The van der Waals surface area contributed by atoms with E-state index in [0.29, 0.717) is 44.1 Å². The second-order valence-corrected chi connectivity index (χ2v) is 8.22. The molecule has 1 amide bonds. The van der Waals surface area contributed by atoms with E-state index in [9.17, 15) is 4.79 Å². The zero-order chi connectivity index (χ0) is 23.3. The van der Waals surface area contributed by atoms with Crippen molar-refractivity contribution in [3.8, 4) is 5.75 Å².